The fraction of sp³-hybridized carbons (Fsp3) is 0.750. The van der Waals surface area contributed by atoms with Crippen molar-refractivity contribution in [3.63, 3.8) is 0 Å². The first-order valence-electron chi connectivity index (χ1n) is 8.14. The molecule has 0 saturated carbocycles. The van der Waals surface area contributed by atoms with Crippen molar-refractivity contribution < 1.29 is 4.74 Å². The number of hydrogen-bond acceptors (Lipinski definition) is 5. The highest BCUT2D eigenvalue weighted by Gasteiger charge is 2.18. The van der Waals surface area contributed by atoms with Crippen LogP contribution in [0.2, 0.25) is 0 Å². The molecule has 1 aromatic heterocycles. The molecule has 0 atom stereocenters. The van der Waals surface area contributed by atoms with Crippen LogP contribution < -0.4 is 4.74 Å². The molecule has 4 nitrogen and oxygen atoms in total. The maximum absolute atomic E-state index is 5.85. The van der Waals surface area contributed by atoms with Crippen LogP contribution >= 0.6 is 11.7 Å². The quantitative estimate of drug-likeness (QED) is 0.646. The molecular weight excluding hydrogens is 282 g/mol. The molecule has 0 fully saturated rings. The van der Waals surface area contributed by atoms with E-state index in [2.05, 4.69) is 33.7 Å². The first-order valence-corrected chi connectivity index (χ1v) is 8.87. The van der Waals surface area contributed by atoms with Crippen LogP contribution in [0.5, 0.6) is 5.88 Å². The fourth-order valence-electron chi connectivity index (χ4n) is 2.59. The van der Waals surface area contributed by atoms with E-state index in [0.717, 1.165) is 44.1 Å². The summed E-state index contributed by atoms with van der Waals surface area (Å²) in [6.07, 6.45) is 11.0. The maximum atomic E-state index is 5.85. The highest BCUT2D eigenvalue weighted by atomic mass is 32.1. The summed E-state index contributed by atoms with van der Waals surface area (Å²) < 4.78 is 14.6. The Morgan fingerprint density at radius 3 is 2.81 bits per heavy atom. The summed E-state index contributed by atoms with van der Waals surface area (Å²) in [6.45, 7) is 5.07. The molecule has 1 aliphatic heterocycles. The molecule has 0 N–H and O–H groups in total. The number of likely N-dealkylation sites (N-methyl/N-ethyl adjacent to an activating group) is 1. The minimum Gasteiger partial charge on any atom is -0.475 e. The molecule has 5 heteroatoms. The van der Waals surface area contributed by atoms with Crippen molar-refractivity contribution in [2.24, 2.45) is 0 Å². The molecule has 0 bridgehead atoms. The maximum Gasteiger partial charge on any atom is 0.253 e. The van der Waals surface area contributed by atoms with Gasteiger partial charge >= 0.3 is 0 Å². The number of unbranched alkanes of at least 4 members (excludes halogenated alkanes) is 5. The average Bonchev–Trinajstić information content (AvgIpc) is 2.95. The normalized spacial score (nSPS) is 16.0. The van der Waals surface area contributed by atoms with Crippen molar-refractivity contribution in [2.45, 2.75) is 51.9 Å². The summed E-state index contributed by atoms with van der Waals surface area (Å²) in [4.78, 5) is 2.31. The van der Waals surface area contributed by atoms with E-state index in [1.165, 1.54) is 49.4 Å². The van der Waals surface area contributed by atoms with E-state index in [9.17, 15) is 0 Å². The third kappa shape index (κ3) is 5.40. The number of ether oxygens (including phenoxy) is 1. The summed E-state index contributed by atoms with van der Waals surface area (Å²) in [5, 5.41) is 0. The van der Waals surface area contributed by atoms with Gasteiger partial charge < -0.3 is 9.64 Å². The van der Waals surface area contributed by atoms with Gasteiger partial charge in [0.25, 0.3) is 5.88 Å². The highest BCUT2D eigenvalue weighted by Crippen LogP contribution is 2.27. The lowest BCUT2D eigenvalue weighted by Gasteiger charge is -2.22. The van der Waals surface area contributed by atoms with Crippen LogP contribution in [0.4, 0.5) is 0 Å². The van der Waals surface area contributed by atoms with Crippen LogP contribution in [0, 0.1) is 0 Å². The van der Waals surface area contributed by atoms with Crippen molar-refractivity contribution in [2.75, 3.05) is 26.7 Å². The molecule has 0 radical (unpaired) electrons. The molecule has 0 spiro atoms. The van der Waals surface area contributed by atoms with Crippen molar-refractivity contribution >= 4 is 17.3 Å². The van der Waals surface area contributed by atoms with Gasteiger partial charge in [-0.2, -0.15) is 4.37 Å². The molecule has 118 valence electrons. The van der Waals surface area contributed by atoms with Crippen LogP contribution in [0.1, 0.15) is 57.6 Å². The van der Waals surface area contributed by atoms with Crippen molar-refractivity contribution in [3.05, 3.63) is 11.8 Å². The number of rotatable bonds is 9. The molecule has 21 heavy (non-hydrogen) atoms. The summed E-state index contributed by atoms with van der Waals surface area (Å²) >= 11 is 1.25. The van der Waals surface area contributed by atoms with E-state index >= 15 is 0 Å². The van der Waals surface area contributed by atoms with Crippen molar-refractivity contribution in [1.29, 1.82) is 0 Å². The first kappa shape index (κ1) is 16.4. The molecule has 0 aromatic carbocycles. The zero-order valence-corrected chi connectivity index (χ0v) is 14.1. The molecule has 2 heterocycles. The summed E-state index contributed by atoms with van der Waals surface area (Å²) in [5.41, 5.74) is 2.22. The first-order chi connectivity index (χ1) is 10.3. The monoisotopic (exact) mass is 309 g/mol. The molecule has 1 aromatic rings. The Kier molecular flexibility index (Phi) is 7.16. The van der Waals surface area contributed by atoms with Gasteiger partial charge in [0.05, 0.1) is 18.3 Å². The highest BCUT2D eigenvalue weighted by molar-refractivity contribution is 6.99. The third-order valence-corrected chi connectivity index (χ3v) is 4.35. The van der Waals surface area contributed by atoms with E-state index in [-0.39, 0.29) is 0 Å². The second-order valence-electron chi connectivity index (χ2n) is 5.79. The second-order valence-corrected chi connectivity index (χ2v) is 6.32. The molecule has 0 saturated heterocycles. The van der Waals surface area contributed by atoms with E-state index in [1.54, 1.807) is 0 Å². The molecule has 2 rings (SSSR count). The van der Waals surface area contributed by atoms with E-state index in [4.69, 9.17) is 4.74 Å². The molecule has 0 unspecified atom stereocenters. The SMILES string of the molecule is CCCCCCCCOc1nsnc1C1=CCCN(C)C1. The van der Waals surface area contributed by atoms with E-state index in [0.29, 0.717) is 0 Å². The van der Waals surface area contributed by atoms with E-state index in [1.807, 2.05) is 0 Å². The van der Waals surface area contributed by atoms with Crippen LogP contribution in [0.25, 0.3) is 5.57 Å². The van der Waals surface area contributed by atoms with Gasteiger partial charge in [-0.1, -0.05) is 45.1 Å². The van der Waals surface area contributed by atoms with Crippen LogP contribution in [-0.4, -0.2) is 40.4 Å². The Bertz CT molecular complexity index is 444. The second kappa shape index (κ2) is 9.15. The van der Waals surface area contributed by atoms with Gasteiger partial charge in [0.15, 0.2) is 0 Å². The zero-order valence-electron chi connectivity index (χ0n) is 13.3. The van der Waals surface area contributed by atoms with Gasteiger partial charge in [-0.05, 0) is 25.5 Å². The van der Waals surface area contributed by atoms with Crippen LogP contribution in [0.15, 0.2) is 6.08 Å². The van der Waals surface area contributed by atoms with Gasteiger partial charge in [0.1, 0.15) is 5.69 Å². The van der Waals surface area contributed by atoms with Crippen LogP contribution in [0.3, 0.4) is 0 Å². The fourth-order valence-corrected chi connectivity index (χ4v) is 3.12. The molecule has 0 aliphatic carbocycles. The Morgan fingerprint density at radius 2 is 2.00 bits per heavy atom. The third-order valence-electron chi connectivity index (χ3n) is 3.84. The lowest BCUT2D eigenvalue weighted by molar-refractivity contribution is 0.294. The lowest BCUT2D eigenvalue weighted by Crippen LogP contribution is -2.25. The predicted molar refractivity (Wildman–Crippen MR) is 88.9 cm³/mol. The topological polar surface area (TPSA) is 38.3 Å². The molecular formula is C16H27N3OS. The van der Waals surface area contributed by atoms with Gasteiger partial charge in [-0.15, -0.1) is 4.37 Å². The van der Waals surface area contributed by atoms with Crippen molar-refractivity contribution in [3.8, 4) is 5.88 Å². The molecule has 1 aliphatic rings. The minimum atomic E-state index is 0.732. The summed E-state index contributed by atoms with van der Waals surface area (Å²) in [6, 6.07) is 0. The van der Waals surface area contributed by atoms with Gasteiger partial charge in [-0.3, -0.25) is 0 Å². The van der Waals surface area contributed by atoms with Gasteiger partial charge in [0.2, 0.25) is 0 Å². The smallest absolute Gasteiger partial charge is 0.253 e. The molecule has 0 amide bonds. The number of hydrogen-bond donors (Lipinski definition) is 0. The van der Waals surface area contributed by atoms with Crippen molar-refractivity contribution in [1.82, 2.24) is 13.6 Å². The van der Waals surface area contributed by atoms with Gasteiger partial charge in [-0.25, -0.2) is 0 Å². The summed E-state index contributed by atoms with van der Waals surface area (Å²) in [7, 11) is 2.14. The predicted octanol–water partition coefficient (Wildman–Crippen LogP) is 4.00. The van der Waals surface area contributed by atoms with E-state index < -0.39 is 0 Å². The number of nitrogens with zero attached hydrogens (tertiary/aromatic N) is 3. The van der Waals surface area contributed by atoms with Gasteiger partial charge in [0, 0.05) is 13.1 Å². The lowest BCUT2D eigenvalue weighted by atomic mass is 10.1. The standard InChI is InChI=1S/C16H27N3OS/c1-3-4-5-6-7-8-12-20-16-15(17-21-18-16)14-10-9-11-19(2)13-14/h10H,3-9,11-13H2,1-2H3. The minimum absolute atomic E-state index is 0.732. The Labute approximate surface area is 132 Å². The summed E-state index contributed by atoms with van der Waals surface area (Å²) in [5.74, 6) is 0.732. The van der Waals surface area contributed by atoms with Crippen LogP contribution in [-0.2, 0) is 0 Å². The number of aromatic nitrogens is 2. The Balaban J connectivity index is 1.74. The zero-order chi connectivity index (χ0) is 14.9. The largest absolute Gasteiger partial charge is 0.475 e. The Hall–Kier alpha value is -0.940. The average molecular weight is 309 g/mol. The Morgan fingerprint density at radius 1 is 1.19 bits per heavy atom.